The number of carbonyl (C=O) groups excluding carboxylic acids is 1. The van der Waals surface area contributed by atoms with Gasteiger partial charge in [0.2, 0.25) is 10.0 Å². The van der Waals surface area contributed by atoms with Crippen molar-refractivity contribution in [3.8, 4) is 0 Å². The first-order valence-electron chi connectivity index (χ1n) is 8.82. The highest BCUT2D eigenvalue weighted by molar-refractivity contribution is 8.01. The first kappa shape index (κ1) is 18.9. The molecule has 3 saturated heterocycles. The van der Waals surface area contributed by atoms with E-state index in [2.05, 4.69) is 10.2 Å². The maximum atomic E-state index is 12.6. The largest absolute Gasteiger partial charge is 0.347 e. The smallest absolute Gasteiger partial charge is 0.261 e. The third-order valence-corrected chi connectivity index (χ3v) is 8.30. The Hall–Kier alpha value is -1.39. The van der Waals surface area contributed by atoms with Crippen LogP contribution in [0.1, 0.15) is 22.5 Å². The summed E-state index contributed by atoms with van der Waals surface area (Å²) in [6, 6.07) is 10.5. The van der Waals surface area contributed by atoms with Crippen LogP contribution in [-0.2, 0) is 10.0 Å². The number of primary sulfonamides is 1. The standard InChI is InChI=1S/C18H21N3O3S3/c19-27(23,24)14-3-1-13(2-4-14)25-17-6-5-16(26-17)18(22)20-15-11-21-9-7-12(15)8-10-21/h1-6,12,15H,7-11H2,(H,20,22)(H2,19,23,24)/t15-/m0/s1. The van der Waals surface area contributed by atoms with Crippen LogP contribution in [0.15, 0.2) is 50.4 Å². The summed E-state index contributed by atoms with van der Waals surface area (Å²) in [6.45, 7) is 3.27. The van der Waals surface area contributed by atoms with Gasteiger partial charge >= 0.3 is 0 Å². The molecule has 3 aliphatic rings. The highest BCUT2D eigenvalue weighted by Crippen LogP contribution is 2.34. The van der Waals surface area contributed by atoms with Gasteiger partial charge in [-0.2, -0.15) is 0 Å². The van der Waals surface area contributed by atoms with Crippen molar-refractivity contribution in [2.75, 3.05) is 19.6 Å². The van der Waals surface area contributed by atoms with Gasteiger partial charge in [-0.05, 0) is 68.2 Å². The second kappa shape index (κ2) is 7.56. The van der Waals surface area contributed by atoms with Crippen molar-refractivity contribution in [1.29, 1.82) is 0 Å². The summed E-state index contributed by atoms with van der Waals surface area (Å²) in [5.41, 5.74) is 0. The molecule has 144 valence electrons. The number of hydrogen-bond acceptors (Lipinski definition) is 6. The maximum absolute atomic E-state index is 12.6. The van der Waals surface area contributed by atoms with Gasteiger partial charge in [0, 0.05) is 17.5 Å². The Balaban J connectivity index is 1.39. The van der Waals surface area contributed by atoms with Gasteiger partial charge in [0.25, 0.3) is 5.91 Å². The predicted octanol–water partition coefficient (Wildman–Crippen LogP) is 2.37. The molecule has 2 aromatic rings. The molecule has 0 radical (unpaired) electrons. The lowest BCUT2D eigenvalue weighted by molar-refractivity contribution is 0.0622. The molecule has 0 spiro atoms. The van der Waals surface area contributed by atoms with E-state index in [-0.39, 0.29) is 16.8 Å². The molecule has 3 aliphatic heterocycles. The second-order valence-corrected chi connectivity index (χ2v) is 11.0. The summed E-state index contributed by atoms with van der Waals surface area (Å²) in [5, 5.41) is 8.32. The third-order valence-electron chi connectivity index (χ3n) is 5.15. The van der Waals surface area contributed by atoms with Crippen LogP contribution in [0, 0.1) is 5.92 Å². The van der Waals surface area contributed by atoms with Gasteiger partial charge in [-0.1, -0.05) is 11.8 Å². The van der Waals surface area contributed by atoms with Crippen LogP contribution in [0.2, 0.25) is 0 Å². The van der Waals surface area contributed by atoms with Crippen molar-refractivity contribution in [3.05, 3.63) is 41.3 Å². The van der Waals surface area contributed by atoms with Gasteiger partial charge in [-0.3, -0.25) is 4.79 Å². The van der Waals surface area contributed by atoms with Crippen molar-refractivity contribution in [2.45, 2.75) is 32.9 Å². The molecular formula is C18H21N3O3S3. The lowest BCUT2D eigenvalue weighted by Gasteiger charge is -2.44. The molecule has 1 amide bonds. The summed E-state index contributed by atoms with van der Waals surface area (Å²) >= 11 is 2.95. The fourth-order valence-corrected chi connectivity index (χ4v) is 6.20. The zero-order valence-electron chi connectivity index (χ0n) is 14.6. The summed E-state index contributed by atoms with van der Waals surface area (Å²) in [5.74, 6) is 0.597. The average Bonchev–Trinajstić information content (AvgIpc) is 3.11. The molecule has 0 saturated carbocycles. The fraction of sp³-hybridized carbons (Fsp3) is 0.389. The first-order chi connectivity index (χ1) is 12.9. The topological polar surface area (TPSA) is 92.5 Å². The van der Waals surface area contributed by atoms with Crippen LogP contribution >= 0.6 is 23.1 Å². The number of benzene rings is 1. The fourth-order valence-electron chi connectivity index (χ4n) is 3.68. The molecule has 0 unspecified atom stereocenters. The van der Waals surface area contributed by atoms with Gasteiger partial charge in [0.05, 0.1) is 14.0 Å². The van der Waals surface area contributed by atoms with E-state index in [0.717, 1.165) is 28.7 Å². The molecule has 9 heteroatoms. The SMILES string of the molecule is NS(=O)(=O)c1ccc(Sc2ccc(C(=O)N[C@H]3CN4CCC3CC4)s2)cc1. The Labute approximate surface area is 167 Å². The summed E-state index contributed by atoms with van der Waals surface area (Å²) < 4.78 is 23.6. The van der Waals surface area contributed by atoms with Crippen LogP contribution in [0.3, 0.4) is 0 Å². The molecule has 0 aliphatic carbocycles. The lowest BCUT2D eigenvalue weighted by Crippen LogP contribution is -2.57. The molecule has 1 aromatic heterocycles. The minimum atomic E-state index is -3.68. The van der Waals surface area contributed by atoms with Gasteiger partial charge in [0.1, 0.15) is 0 Å². The zero-order chi connectivity index (χ0) is 19.0. The van der Waals surface area contributed by atoms with Crippen molar-refractivity contribution in [2.24, 2.45) is 11.1 Å². The van der Waals surface area contributed by atoms with Gasteiger partial charge in [-0.15, -0.1) is 11.3 Å². The van der Waals surface area contributed by atoms with Crippen molar-refractivity contribution < 1.29 is 13.2 Å². The number of hydrogen-bond donors (Lipinski definition) is 2. The number of carbonyl (C=O) groups is 1. The minimum Gasteiger partial charge on any atom is -0.347 e. The predicted molar refractivity (Wildman–Crippen MR) is 107 cm³/mol. The molecule has 4 heterocycles. The summed E-state index contributed by atoms with van der Waals surface area (Å²) in [6.07, 6.45) is 2.34. The van der Waals surface area contributed by atoms with Crippen molar-refractivity contribution >= 4 is 39.0 Å². The first-order valence-corrected chi connectivity index (χ1v) is 12.0. The summed E-state index contributed by atoms with van der Waals surface area (Å²) in [4.78, 5) is 16.7. The van der Waals surface area contributed by atoms with E-state index in [9.17, 15) is 13.2 Å². The number of sulfonamides is 1. The second-order valence-electron chi connectivity index (χ2n) is 6.96. The lowest BCUT2D eigenvalue weighted by atomic mass is 9.84. The molecule has 1 atom stereocenters. The van der Waals surface area contributed by atoms with E-state index < -0.39 is 10.0 Å². The third kappa shape index (κ3) is 4.38. The van der Waals surface area contributed by atoms with Crippen LogP contribution in [-0.4, -0.2) is 44.9 Å². The molecule has 6 nitrogen and oxygen atoms in total. The van der Waals surface area contributed by atoms with E-state index in [1.807, 2.05) is 12.1 Å². The van der Waals surface area contributed by atoms with Crippen LogP contribution in [0.25, 0.3) is 0 Å². The number of fused-ring (bicyclic) bond motifs is 3. The molecule has 2 bridgehead atoms. The van der Waals surface area contributed by atoms with E-state index in [4.69, 9.17) is 5.14 Å². The number of amides is 1. The van der Waals surface area contributed by atoms with Crippen LogP contribution in [0.5, 0.6) is 0 Å². The van der Waals surface area contributed by atoms with Crippen LogP contribution < -0.4 is 10.5 Å². The van der Waals surface area contributed by atoms with Gasteiger partial charge in [0.15, 0.2) is 0 Å². The molecule has 3 fully saturated rings. The molecule has 3 N–H and O–H groups in total. The molecular weight excluding hydrogens is 402 g/mol. The number of nitrogens with one attached hydrogen (secondary N) is 1. The molecule has 27 heavy (non-hydrogen) atoms. The quantitative estimate of drug-likeness (QED) is 0.770. The Bertz CT molecular complexity index is 932. The number of nitrogens with two attached hydrogens (primary N) is 1. The van der Waals surface area contributed by atoms with Crippen molar-refractivity contribution in [3.63, 3.8) is 0 Å². The normalized spacial score (nSPS) is 24.7. The Morgan fingerprint density at radius 1 is 1.15 bits per heavy atom. The zero-order valence-corrected chi connectivity index (χ0v) is 17.1. The maximum Gasteiger partial charge on any atom is 0.261 e. The Morgan fingerprint density at radius 3 is 2.44 bits per heavy atom. The summed E-state index contributed by atoms with van der Waals surface area (Å²) in [7, 11) is -3.68. The van der Waals surface area contributed by atoms with E-state index in [0.29, 0.717) is 10.8 Å². The van der Waals surface area contributed by atoms with Crippen molar-refractivity contribution in [1.82, 2.24) is 10.2 Å². The van der Waals surface area contributed by atoms with Gasteiger partial charge in [-0.25, -0.2) is 13.6 Å². The number of rotatable bonds is 5. The number of piperidine rings is 3. The molecule has 1 aromatic carbocycles. The highest BCUT2D eigenvalue weighted by Gasteiger charge is 2.35. The van der Waals surface area contributed by atoms with E-state index in [1.165, 1.54) is 48.1 Å². The van der Waals surface area contributed by atoms with Crippen LogP contribution in [0.4, 0.5) is 0 Å². The Morgan fingerprint density at radius 2 is 1.85 bits per heavy atom. The number of nitrogens with zero attached hydrogens (tertiary/aromatic N) is 1. The highest BCUT2D eigenvalue weighted by atomic mass is 32.2. The minimum absolute atomic E-state index is 0.00447. The van der Waals surface area contributed by atoms with E-state index >= 15 is 0 Å². The van der Waals surface area contributed by atoms with E-state index in [1.54, 1.807) is 12.1 Å². The monoisotopic (exact) mass is 423 g/mol. The average molecular weight is 424 g/mol. The van der Waals surface area contributed by atoms with Gasteiger partial charge < -0.3 is 10.2 Å². The number of thiophene rings is 1. The molecule has 5 rings (SSSR count). The Kier molecular flexibility index (Phi) is 5.30.